The van der Waals surface area contributed by atoms with Gasteiger partial charge in [-0.1, -0.05) is 17.7 Å². The Morgan fingerprint density at radius 2 is 2.31 bits per heavy atom. The van der Waals surface area contributed by atoms with E-state index in [0.717, 1.165) is 12.4 Å². The molecule has 2 nitrogen and oxygen atoms in total. The third kappa shape index (κ3) is 1.78. The van der Waals surface area contributed by atoms with E-state index in [-0.39, 0.29) is 0 Å². The van der Waals surface area contributed by atoms with E-state index >= 15 is 0 Å². The van der Waals surface area contributed by atoms with Gasteiger partial charge in [-0.05, 0) is 25.1 Å². The molecule has 0 atom stereocenters. The van der Waals surface area contributed by atoms with Gasteiger partial charge in [0.05, 0.1) is 0 Å². The van der Waals surface area contributed by atoms with Crippen molar-refractivity contribution >= 4 is 5.82 Å². The second-order valence-corrected chi connectivity index (χ2v) is 3.17. The van der Waals surface area contributed by atoms with Gasteiger partial charge in [0.15, 0.2) is 0 Å². The first-order valence-electron chi connectivity index (χ1n) is 4.38. The fourth-order valence-corrected chi connectivity index (χ4v) is 1.37. The van der Waals surface area contributed by atoms with Crippen LogP contribution in [-0.4, -0.2) is 11.5 Å². The van der Waals surface area contributed by atoms with Crippen LogP contribution in [0.4, 0.5) is 5.82 Å². The number of hydrogen-bond acceptors (Lipinski definition) is 2. The lowest BCUT2D eigenvalue weighted by molar-refractivity contribution is 0.980. The fraction of sp³-hybridized carbons (Fsp3) is 0.182. The largest absolute Gasteiger partial charge is 0.329 e. The summed E-state index contributed by atoms with van der Waals surface area (Å²) in [6, 6.07) is 5.95. The van der Waals surface area contributed by atoms with Crippen molar-refractivity contribution < 1.29 is 0 Å². The Hall–Kier alpha value is -1.57. The molecule has 0 radical (unpaired) electrons. The van der Waals surface area contributed by atoms with Gasteiger partial charge < -0.3 is 4.90 Å². The summed E-state index contributed by atoms with van der Waals surface area (Å²) in [6.45, 7) is 3.06. The Kier molecular flexibility index (Phi) is 2.13. The molecule has 0 saturated carbocycles. The van der Waals surface area contributed by atoms with E-state index < -0.39 is 0 Å². The second-order valence-electron chi connectivity index (χ2n) is 3.17. The first-order chi connectivity index (χ1) is 6.36. The highest BCUT2D eigenvalue weighted by molar-refractivity contribution is 5.46. The summed E-state index contributed by atoms with van der Waals surface area (Å²) in [5.41, 5.74) is 1.35. The number of rotatable bonds is 1. The Morgan fingerprint density at radius 3 is 3.00 bits per heavy atom. The topological polar surface area (TPSA) is 16.1 Å². The molecular formula is C11H12N2. The summed E-state index contributed by atoms with van der Waals surface area (Å²) in [6.07, 6.45) is 8.04. The van der Waals surface area contributed by atoms with Crippen molar-refractivity contribution in [2.45, 2.75) is 6.92 Å². The average Bonchev–Trinajstić information content (AvgIpc) is 2.19. The van der Waals surface area contributed by atoms with Crippen LogP contribution in [0.1, 0.15) is 6.92 Å². The molecule has 1 aliphatic rings. The minimum atomic E-state index is 0.938. The molecule has 0 N–H and O–H groups in total. The minimum Gasteiger partial charge on any atom is -0.329 e. The summed E-state index contributed by atoms with van der Waals surface area (Å²) in [7, 11) is 0. The van der Waals surface area contributed by atoms with Crippen LogP contribution in [0.3, 0.4) is 0 Å². The molecule has 0 spiro atoms. The Morgan fingerprint density at radius 1 is 1.38 bits per heavy atom. The number of aromatic nitrogens is 1. The van der Waals surface area contributed by atoms with Crippen molar-refractivity contribution in [3.05, 3.63) is 48.3 Å². The Bertz CT molecular complexity index is 338. The van der Waals surface area contributed by atoms with Crippen molar-refractivity contribution in [1.82, 2.24) is 4.98 Å². The molecule has 66 valence electrons. The highest BCUT2D eigenvalue weighted by Crippen LogP contribution is 2.14. The van der Waals surface area contributed by atoms with Gasteiger partial charge in [0.25, 0.3) is 0 Å². The van der Waals surface area contributed by atoms with Gasteiger partial charge in [0.2, 0.25) is 0 Å². The zero-order chi connectivity index (χ0) is 9.10. The molecule has 1 aromatic rings. The van der Waals surface area contributed by atoms with E-state index in [1.807, 2.05) is 30.5 Å². The number of anilines is 1. The van der Waals surface area contributed by atoms with Gasteiger partial charge in [-0.25, -0.2) is 4.98 Å². The van der Waals surface area contributed by atoms with E-state index in [9.17, 15) is 0 Å². The van der Waals surface area contributed by atoms with E-state index in [2.05, 4.69) is 29.1 Å². The van der Waals surface area contributed by atoms with Crippen LogP contribution in [-0.2, 0) is 0 Å². The predicted octanol–water partition coefficient (Wildman–Crippen LogP) is 2.36. The van der Waals surface area contributed by atoms with Crippen molar-refractivity contribution in [3.8, 4) is 0 Å². The average molecular weight is 172 g/mol. The third-order valence-electron chi connectivity index (χ3n) is 2.01. The maximum atomic E-state index is 4.28. The van der Waals surface area contributed by atoms with Gasteiger partial charge in [-0.15, -0.1) is 0 Å². The monoisotopic (exact) mass is 172 g/mol. The van der Waals surface area contributed by atoms with Gasteiger partial charge in [-0.3, -0.25) is 0 Å². The molecule has 0 unspecified atom stereocenters. The van der Waals surface area contributed by atoms with Crippen LogP contribution in [0.15, 0.2) is 48.3 Å². The third-order valence-corrected chi connectivity index (χ3v) is 2.01. The summed E-state index contributed by atoms with van der Waals surface area (Å²) >= 11 is 0. The first-order valence-corrected chi connectivity index (χ1v) is 4.38. The van der Waals surface area contributed by atoms with E-state index in [4.69, 9.17) is 0 Å². The Labute approximate surface area is 78.2 Å². The number of pyridine rings is 1. The zero-order valence-corrected chi connectivity index (χ0v) is 7.64. The van der Waals surface area contributed by atoms with E-state index in [1.54, 1.807) is 0 Å². The lowest BCUT2D eigenvalue weighted by atomic mass is 10.2. The molecule has 1 aliphatic heterocycles. The van der Waals surface area contributed by atoms with Crippen LogP contribution in [0.5, 0.6) is 0 Å². The number of allylic oxidation sites excluding steroid dienone is 2. The van der Waals surface area contributed by atoms with Crippen LogP contribution in [0, 0.1) is 0 Å². The quantitative estimate of drug-likeness (QED) is 0.646. The molecule has 0 saturated heterocycles. The van der Waals surface area contributed by atoms with Gasteiger partial charge in [0, 0.05) is 18.9 Å². The van der Waals surface area contributed by atoms with Crippen molar-refractivity contribution in [2.75, 3.05) is 11.4 Å². The van der Waals surface area contributed by atoms with Crippen molar-refractivity contribution in [1.29, 1.82) is 0 Å². The molecular weight excluding hydrogens is 160 g/mol. The maximum Gasteiger partial charge on any atom is 0.132 e. The molecule has 13 heavy (non-hydrogen) atoms. The summed E-state index contributed by atoms with van der Waals surface area (Å²) in [5, 5.41) is 0. The zero-order valence-electron chi connectivity index (χ0n) is 7.64. The number of hydrogen-bond donors (Lipinski definition) is 0. The molecule has 0 aliphatic carbocycles. The second kappa shape index (κ2) is 3.44. The predicted molar refractivity (Wildman–Crippen MR) is 54.5 cm³/mol. The van der Waals surface area contributed by atoms with Crippen LogP contribution < -0.4 is 4.90 Å². The van der Waals surface area contributed by atoms with Crippen LogP contribution in [0.25, 0.3) is 0 Å². The summed E-state index contributed by atoms with van der Waals surface area (Å²) in [4.78, 5) is 6.42. The summed E-state index contributed by atoms with van der Waals surface area (Å²) in [5.74, 6) is 1.01. The molecule has 0 aromatic carbocycles. The lowest BCUT2D eigenvalue weighted by Crippen LogP contribution is -2.21. The van der Waals surface area contributed by atoms with E-state index in [1.165, 1.54) is 5.57 Å². The molecule has 1 aromatic heterocycles. The van der Waals surface area contributed by atoms with Crippen molar-refractivity contribution in [3.63, 3.8) is 0 Å². The highest BCUT2D eigenvalue weighted by Gasteiger charge is 2.06. The SMILES string of the molecule is CC1=CC=CN(c2ccccn2)C1. The van der Waals surface area contributed by atoms with Crippen LogP contribution >= 0.6 is 0 Å². The maximum absolute atomic E-state index is 4.28. The molecule has 0 bridgehead atoms. The van der Waals surface area contributed by atoms with Gasteiger partial charge in [-0.2, -0.15) is 0 Å². The highest BCUT2D eigenvalue weighted by atomic mass is 15.2. The lowest BCUT2D eigenvalue weighted by Gasteiger charge is -2.21. The molecule has 2 heterocycles. The van der Waals surface area contributed by atoms with Gasteiger partial charge in [0.1, 0.15) is 5.82 Å². The first kappa shape index (κ1) is 8.05. The number of nitrogens with zero attached hydrogens (tertiary/aromatic N) is 2. The molecule has 0 amide bonds. The van der Waals surface area contributed by atoms with Gasteiger partial charge >= 0.3 is 0 Å². The Balaban J connectivity index is 2.21. The van der Waals surface area contributed by atoms with Crippen molar-refractivity contribution in [2.24, 2.45) is 0 Å². The van der Waals surface area contributed by atoms with Crippen LogP contribution in [0.2, 0.25) is 0 Å². The molecule has 2 heteroatoms. The minimum absolute atomic E-state index is 0.938. The standard InChI is InChI=1S/C11H12N2/c1-10-5-4-8-13(9-10)11-6-2-3-7-12-11/h2-8H,9H2,1H3. The van der Waals surface area contributed by atoms with E-state index in [0.29, 0.717) is 0 Å². The molecule has 2 rings (SSSR count). The summed E-state index contributed by atoms with van der Waals surface area (Å²) < 4.78 is 0. The smallest absolute Gasteiger partial charge is 0.132 e. The fourth-order valence-electron chi connectivity index (χ4n) is 1.37. The molecule has 0 fully saturated rings. The normalized spacial score (nSPS) is 15.8.